The summed E-state index contributed by atoms with van der Waals surface area (Å²) in [6.45, 7) is 1.54. The summed E-state index contributed by atoms with van der Waals surface area (Å²) >= 11 is 0. The van der Waals surface area contributed by atoms with Gasteiger partial charge in [-0.1, -0.05) is 0 Å². The summed E-state index contributed by atoms with van der Waals surface area (Å²) in [6.07, 6.45) is 4.11. The fraction of sp³-hybridized carbons (Fsp3) is 0.500. The van der Waals surface area contributed by atoms with Gasteiger partial charge in [-0.15, -0.1) is 0 Å². The molecule has 1 N–H and O–H groups in total. The Morgan fingerprint density at radius 3 is 2.71 bits per heavy atom. The number of carbonyl (C=O) groups excluding carboxylic acids is 1. The Morgan fingerprint density at radius 1 is 1.43 bits per heavy atom. The standard InChI is InChI=1S/C10H14N2O2/c13-9-3-6-12(7-9)10(14)8-11-4-1-2-5-11/h1-2,4-5,9,13H,3,6-8H2/t9-/m1/s1. The average Bonchev–Trinajstić information content (AvgIpc) is 2.75. The molecule has 0 aromatic carbocycles. The van der Waals surface area contributed by atoms with Crippen LogP contribution in [0.25, 0.3) is 0 Å². The Labute approximate surface area is 82.7 Å². The lowest BCUT2D eigenvalue weighted by Crippen LogP contribution is -2.32. The number of amides is 1. The Hall–Kier alpha value is -1.29. The molecule has 1 aromatic rings. The van der Waals surface area contributed by atoms with Crippen molar-refractivity contribution >= 4 is 5.91 Å². The van der Waals surface area contributed by atoms with E-state index in [9.17, 15) is 9.90 Å². The van der Waals surface area contributed by atoms with Gasteiger partial charge in [0.25, 0.3) is 0 Å². The highest BCUT2D eigenvalue weighted by molar-refractivity contribution is 5.76. The number of carbonyl (C=O) groups is 1. The molecule has 1 saturated heterocycles. The van der Waals surface area contributed by atoms with Crippen molar-refractivity contribution in [3.05, 3.63) is 24.5 Å². The number of aliphatic hydroxyl groups excluding tert-OH is 1. The van der Waals surface area contributed by atoms with E-state index in [2.05, 4.69) is 0 Å². The number of hydrogen-bond acceptors (Lipinski definition) is 2. The van der Waals surface area contributed by atoms with Crippen LogP contribution in [-0.4, -0.2) is 39.7 Å². The van der Waals surface area contributed by atoms with Crippen molar-refractivity contribution in [2.24, 2.45) is 0 Å². The monoisotopic (exact) mass is 194 g/mol. The van der Waals surface area contributed by atoms with Crippen molar-refractivity contribution in [1.82, 2.24) is 9.47 Å². The maximum absolute atomic E-state index is 11.7. The van der Waals surface area contributed by atoms with Gasteiger partial charge in [0.05, 0.1) is 6.10 Å². The third kappa shape index (κ3) is 1.96. The molecule has 2 rings (SSSR count). The minimum absolute atomic E-state index is 0.0813. The van der Waals surface area contributed by atoms with Crippen molar-refractivity contribution in [2.45, 2.75) is 19.1 Å². The summed E-state index contributed by atoms with van der Waals surface area (Å²) in [5.74, 6) is 0.0813. The van der Waals surface area contributed by atoms with E-state index in [1.807, 2.05) is 29.1 Å². The first-order valence-corrected chi connectivity index (χ1v) is 4.82. The first kappa shape index (κ1) is 9.27. The fourth-order valence-corrected chi connectivity index (χ4v) is 1.70. The summed E-state index contributed by atoms with van der Waals surface area (Å²) in [5, 5.41) is 9.27. The zero-order valence-electron chi connectivity index (χ0n) is 7.97. The second-order valence-corrected chi connectivity index (χ2v) is 3.64. The largest absolute Gasteiger partial charge is 0.391 e. The zero-order valence-corrected chi connectivity index (χ0v) is 7.97. The topological polar surface area (TPSA) is 45.5 Å². The van der Waals surface area contributed by atoms with Crippen LogP contribution in [0.5, 0.6) is 0 Å². The van der Waals surface area contributed by atoms with Gasteiger partial charge in [0, 0.05) is 25.5 Å². The zero-order chi connectivity index (χ0) is 9.97. The number of likely N-dealkylation sites (tertiary alicyclic amines) is 1. The van der Waals surface area contributed by atoms with Gasteiger partial charge in [0.2, 0.25) is 5.91 Å². The molecule has 1 fully saturated rings. The van der Waals surface area contributed by atoms with Crippen molar-refractivity contribution in [3.63, 3.8) is 0 Å². The molecule has 0 radical (unpaired) electrons. The van der Waals surface area contributed by atoms with Crippen molar-refractivity contribution < 1.29 is 9.90 Å². The van der Waals surface area contributed by atoms with E-state index in [4.69, 9.17) is 0 Å². The highest BCUT2D eigenvalue weighted by Crippen LogP contribution is 2.09. The molecule has 0 bridgehead atoms. The van der Waals surface area contributed by atoms with Crippen LogP contribution >= 0.6 is 0 Å². The van der Waals surface area contributed by atoms with Gasteiger partial charge < -0.3 is 14.6 Å². The van der Waals surface area contributed by atoms with Gasteiger partial charge in [-0.2, -0.15) is 0 Å². The number of nitrogens with zero attached hydrogens (tertiary/aromatic N) is 2. The Bertz CT molecular complexity index is 308. The molecule has 4 heteroatoms. The summed E-state index contributed by atoms with van der Waals surface area (Å²) in [5.41, 5.74) is 0. The maximum Gasteiger partial charge on any atom is 0.242 e. The first-order chi connectivity index (χ1) is 6.75. The SMILES string of the molecule is O=C(Cn1cccc1)N1CC[C@@H](O)C1. The lowest BCUT2D eigenvalue weighted by Gasteiger charge is -2.15. The predicted molar refractivity (Wildman–Crippen MR) is 51.6 cm³/mol. The molecule has 2 heterocycles. The van der Waals surface area contributed by atoms with Crippen LogP contribution in [0.3, 0.4) is 0 Å². The molecule has 1 atom stereocenters. The molecular weight excluding hydrogens is 180 g/mol. The molecule has 76 valence electrons. The minimum Gasteiger partial charge on any atom is -0.391 e. The second-order valence-electron chi connectivity index (χ2n) is 3.64. The molecule has 0 spiro atoms. The molecule has 1 aromatic heterocycles. The van der Waals surface area contributed by atoms with E-state index in [1.165, 1.54) is 0 Å². The Balaban J connectivity index is 1.90. The Kier molecular flexibility index (Phi) is 2.54. The quantitative estimate of drug-likeness (QED) is 0.724. The van der Waals surface area contributed by atoms with E-state index in [-0.39, 0.29) is 12.0 Å². The summed E-state index contributed by atoms with van der Waals surface area (Å²) in [7, 11) is 0. The molecule has 14 heavy (non-hydrogen) atoms. The van der Waals surface area contributed by atoms with Crippen LogP contribution in [0.1, 0.15) is 6.42 Å². The second kappa shape index (κ2) is 3.84. The van der Waals surface area contributed by atoms with Crippen molar-refractivity contribution in [2.75, 3.05) is 13.1 Å². The van der Waals surface area contributed by atoms with Crippen LogP contribution in [0.4, 0.5) is 0 Å². The molecule has 1 aliphatic heterocycles. The molecule has 1 amide bonds. The van der Waals surface area contributed by atoms with Crippen LogP contribution in [0.2, 0.25) is 0 Å². The van der Waals surface area contributed by atoms with E-state index in [0.717, 1.165) is 0 Å². The van der Waals surface area contributed by atoms with Crippen LogP contribution in [0.15, 0.2) is 24.5 Å². The van der Waals surface area contributed by atoms with Crippen molar-refractivity contribution in [3.8, 4) is 0 Å². The van der Waals surface area contributed by atoms with Gasteiger partial charge in [-0.05, 0) is 18.6 Å². The summed E-state index contributed by atoms with van der Waals surface area (Å²) in [6, 6.07) is 3.79. The number of β-amino-alcohol motifs (C(OH)–C–C–N with tert-alkyl or cyclic N) is 1. The van der Waals surface area contributed by atoms with Gasteiger partial charge >= 0.3 is 0 Å². The van der Waals surface area contributed by atoms with E-state index in [1.54, 1.807) is 4.90 Å². The first-order valence-electron chi connectivity index (χ1n) is 4.82. The minimum atomic E-state index is -0.330. The van der Waals surface area contributed by atoms with Crippen LogP contribution in [0, 0.1) is 0 Å². The summed E-state index contributed by atoms with van der Waals surface area (Å²) in [4.78, 5) is 13.4. The lowest BCUT2D eigenvalue weighted by atomic mass is 10.3. The molecule has 0 unspecified atom stereocenters. The molecule has 1 aliphatic rings. The third-order valence-corrected chi connectivity index (χ3v) is 2.50. The number of aromatic nitrogens is 1. The van der Waals surface area contributed by atoms with E-state index >= 15 is 0 Å². The Morgan fingerprint density at radius 2 is 2.14 bits per heavy atom. The molecule has 0 aliphatic carbocycles. The molecular formula is C10H14N2O2. The number of aliphatic hydroxyl groups is 1. The van der Waals surface area contributed by atoms with Gasteiger partial charge in [0.15, 0.2) is 0 Å². The number of hydrogen-bond donors (Lipinski definition) is 1. The van der Waals surface area contributed by atoms with Gasteiger partial charge in [0.1, 0.15) is 6.54 Å². The lowest BCUT2D eigenvalue weighted by molar-refractivity contribution is -0.131. The smallest absolute Gasteiger partial charge is 0.242 e. The van der Waals surface area contributed by atoms with Crippen molar-refractivity contribution in [1.29, 1.82) is 0 Å². The maximum atomic E-state index is 11.7. The predicted octanol–water partition coefficient (Wildman–Crippen LogP) is 0.0813. The van der Waals surface area contributed by atoms with E-state index < -0.39 is 0 Å². The number of rotatable bonds is 2. The molecule has 0 saturated carbocycles. The summed E-state index contributed by atoms with van der Waals surface area (Å²) < 4.78 is 1.84. The highest BCUT2D eigenvalue weighted by Gasteiger charge is 2.24. The normalized spacial score (nSPS) is 21.5. The van der Waals surface area contributed by atoms with Crippen LogP contribution in [-0.2, 0) is 11.3 Å². The fourth-order valence-electron chi connectivity index (χ4n) is 1.70. The average molecular weight is 194 g/mol. The van der Waals surface area contributed by atoms with Crippen LogP contribution < -0.4 is 0 Å². The third-order valence-electron chi connectivity index (χ3n) is 2.50. The van der Waals surface area contributed by atoms with E-state index in [0.29, 0.717) is 26.1 Å². The highest BCUT2D eigenvalue weighted by atomic mass is 16.3. The van der Waals surface area contributed by atoms with Gasteiger partial charge in [-0.25, -0.2) is 0 Å². The van der Waals surface area contributed by atoms with Gasteiger partial charge in [-0.3, -0.25) is 4.79 Å². The molecule has 4 nitrogen and oxygen atoms in total.